The molecule has 3 rings (SSSR count). The summed E-state index contributed by atoms with van der Waals surface area (Å²) in [5.41, 5.74) is 3.20. The highest BCUT2D eigenvalue weighted by atomic mass is 16.2. The molecule has 0 aliphatic rings. The Labute approximate surface area is 141 Å². The highest BCUT2D eigenvalue weighted by Gasteiger charge is 2.23. The lowest BCUT2D eigenvalue weighted by Crippen LogP contribution is -2.29. The number of nitrogens with zero attached hydrogens (tertiary/aromatic N) is 3. The lowest BCUT2D eigenvalue weighted by molar-refractivity contribution is 0.0929. The van der Waals surface area contributed by atoms with E-state index in [0.29, 0.717) is 5.69 Å². The molecule has 24 heavy (non-hydrogen) atoms. The molecule has 1 atom stereocenters. The van der Waals surface area contributed by atoms with Crippen LogP contribution in [0.3, 0.4) is 0 Å². The smallest absolute Gasteiger partial charge is 0.270 e. The van der Waals surface area contributed by atoms with Gasteiger partial charge >= 0.3 is 0 Å². The Balaban J connectivity index is 1.80. The third-order valence-electron chi connectivity index (χ3n) is 4.05. The highest BCUT2D eigenvalue weighted by Crippen LogP contribution is 2.22. The zero-order valence-electron chi connectivity index (χ0n) is 14.7. The second-order valence-corrected chi connectivity index (χ2v) is 7.12. The summed E-state index contributed by atoms with van der Waals surface area (Å²) < 4.78 is 1.63. The predicted molar refractivity (Wildman–Crippen MR) is 93.9 cm³/mol. The van der Waals surface area contributed by atoms with Crippen LogP contribution in [-0.4, -0.2) is 25.7 Å². The van der Waals surface area contributed by atoms with E-state index in [0.717, 1.165) is 22.6 Å². The van der Waals surface area contributed by atoms with Gasteiger partial charge in [0, 0.05) is 12.5 Å². The van der Waals surface area contributed by atoms with Crippen LogP contribution in [0.4, 0.5) is 0 Å². The summed E-state index contributed by atoms with van der Waals surface area (Å²) >= 11 is 0. The fraction of sp³-hybridized carbons (Fsp3) is 0.389. The number of para-hydroxylation sites is 2. The minimum absolute atomic E-state index is 0.0966. The van der Waals surface area contributed by atoms with E-state index in [9.17, 15) is 4.79 Å². The minimum Gasteiger partial charge on any atom is -0.341 e. The lowest BCUT2D eigenvalue weighted by atomic mass is 9.92. The highest BCUT2D eigenvalue weighted by molar-refractivity contribution is 5.93. The molecule has 0 saturated heterocycles. The monoisotopic (exact) mass is 325 g/mol. The fourth-order valence-corrected chi connectivity index (χ4v) is 2.56. The molecule has 0 aliphatic carbocycles. The first kappa shape index (κ1) is 16.2. The van der Waals surface area contributed by atoms with Gasteiger partial charge in [-0.15, -0.1) is 0 Å². The van der Waals surface area contributed by atoms with Crippen LogP contribution in [0.5, 0.6) is 0 Å². The third kappa shape index (κ3) is 3.04. The Morgan fingerprint density at radius 3 is 2.62 bits per heavy atom. The van der Waals surface area contributed by atoms with Gasteiger partial charge in [0.2, 0.25) is 0 Å². The zero-order valence-corrected chi connectivity index (χ0v) is 14.7. The van der Waals surface area contributed by atoms with Crippen molar-refractivity contribution in [2.75, 3.05) is 0 Å². The van der Waals surface area contributed by atoms with Crippen molar-refractivity contribution < 1.29 is 4.79 Å². The molecular weight excluding hydrogens is 302 g/mol. The van der Waals surface area contributed by atoms with Crippen molar-refractivity contribution in [3.8, 4) is 0 Å². The SMILES string of the molecule is CC(NC(=O)c1cc(C(C)(C)C)nn1C)c1nc2ccccc2[nH]1. The van der Waals surface area contributed by atoms with Crippen LogP contribution in [0, 0.1) is 0 Å². The van der Waals surface area contributed by atoms with Gasteiger partial charge in [0.1, 0.15) is 11.5 Å². The van der Waals surface area contributed by atoms with Crippen molar-refractivity contribution in [3.05, 3.63) is 47.5 Å². The number of amides is 1. The van der Waals surface area contributed by atoms with Crippen LogP contribution in [0.1, 0.15) is 55.7 Å². The zero-order chi connectivity index (χ0) is 17.5. The van der Waals surface area contributed by atoms with E-state index in [-0.39, 0.29) is 17.4 Å². The molecule has 0 fully saturated rings. The van der Waals surface area contributed by atoms with Crippen LogP contribution in [-0.2, 0) is 12.5 Å². The summed E-state index contributed by atoms with van der Waals surface area (Å²) in [6, 6.07) is 9.44. The van der Waals surface area contributed by atoms with Crippen LogP contribution < -0.4 is 5.32 Å². The molecule has 1 unspecified atom stereocenters. The number of imidazole rings is 1. The van der Waals surface area contributed by atoms with Crippen LogP contribution in [0.25, 0.3) is 11.0 Å². The van der Waals surface area contributed by atoms with Gasteiger partial charge in [0.05, 0.1) is 22.8 Å². The van der Waals surface area contributed by atoms with Crippen molar-refractivity contribution in [3.63, 3.8) is 0 Å². The molecule has 0 bridgehead atoms. The number of carbonyl (C=O) groups excluding carboxylic acids is 1. The van der Waals surface area contributed by atoms with Crippen LogP contribution in [0.2, 0.25) is 0 Å². The number of hydrogen-bond donors (Lipinski definition) is 2. The molecule has 6 nitrogen and oxygen atoms in total. The van der Waals surface area contributed by atoms with E-state index < -0.39 is 0 Å². The first-order valence-electron chi connectivity index (χ1n) is 8.06. The van der Waals surface area contributed by atoms with Gasteiger partial charge in [0.15, 0.2) is 0 Å². The third-order valence-corrected chi connectivity index (χ3v) is 4.05. The Hall–Kier alpha value is -2.63. The van der Waals surface area contributed by atoms with Crippen LogP contribution >= 0.6 is 0 Å². The Morgan fingerprint density at radius 1 is 1.29 bits per heavy atom. The van der Waals surface area contributed by atoms with Crippen LogP contribution in [0.15, 0.2) is 30.3 Å². The minimum atomic E-state index is -0.224. The first-order chi connectivity index (χ1) is 11.3. The Morgan fingerprint density at radius 2 is 2.00 bits per heavy atom. The van der Waals surface area contributed by atoms with Gasteiger partial charge in [-0.1, -0.05) is 32.9 Å². The molecule has 0 radical (unpaired) electrons. The molecule has 0 aliphatic heterocycles. The Bertz CT molecular complexity index is 851. The number of carbonyl (C=O) groups is 1. The maximum atomic E-state index is 12.6. The molecule has 2 N–H and O–H groups in total. The van der Waals surface area contributed by atoms with Crippen molar-refractivity contribution >= 4 is 16.9 Å². The van der Waals surface area contributed by atoms with Gasteiger partial charge in [-0.3, -0.25) is 9.48 Å². The average Bonchev–Trinajstić information content (AvgIpc) is 3.09. The molecule has 0 saturated carbocycles. The molecule has 1 amide bonds. The molecule has 0 spiro atoms. The largest absolute Gasteiger partial charge is 0.341 e. The fourth-order valence-electron chi connectivity index (χ4n) is 2.56. The maximum absolute atomic E-state index is 12.6. The average molecular weight is 325 g/mol. The summed E-state index contributed by atoms with van der Waals surface area (Å²) in [6.07, 6.45) is 0. The molecule has 2 heterocycles. The van der Waals surface area contributed by atoms with E-state index in [1.165, 1.54) is 0 Å². The number of nitrogens with one attached hydrogen (secondary N) is 2. The van der Waals surface area contributed by atoms with E-state index in [4.69, 9.17) is 0 Å². The predicted octanol–water partition coefficient (Wildman–Crippen LogP) is 3.08. The van der Waals surface area contributed by atoms with Gasteiger partial charge < -0.3 is 10.3 Å². The molecule has 6 heteroatoms. The second-order valence-electron chi connectivity index (χ2n) is 7.12. The van der Waals surface area contributed by atoms with Crippen molar-refractivity contribution in [2.24, 2.45) is 7.05 Å². The van der Waals surface area contributed by atoms with E-state index in [1.54, 1.807) is 11.7 Å². The quantitative estimate of drug-likeness (QED) is 0.777. The van der Waals surface area contributed by atoms with Gasteiger partial charge in [-0.2, -0.15) is 5.10 Å². The number of aryl methyl sites for hydroxylation is 1. The number of aromatic nitrogens is 4. The molecule has 3 aromatic rings. The van der Waals surface area contributed by atoms with Crippen molar-refractivity contribution in [1.29, 1.82) is 0 Å². The molecule has 1 aromatic carbocycles. The van der Waals surface area contributed by atoms with Gasteiger partial charge in [-0.25, -0.2) is 4.98 Å². The lowest BCUT2D eigenvalue weighted by Gasteiger charge is -2.13. The van der Waals surface area contributed by atoms with E-state index in [2.05, 4.69) is 41.2 Å². The standard InChI is InChI=1S/C18H23N5O/c1-11(16-20-12-8-6-7-9-13(12)21-16)19-17(24)14-10-15(18(2,3)4)22-23(14)5/h6-11H,1-5H3,(H,19,24)(H,20,21). The van der Waals surface area contributed by atoms with Crippen molar-refractivity contribution in [1.82, 2.24) is 25.1 Å². The summed E-state index contributed by atoms with van der Waals surface area (Å²) in [5.74, 6) is 0.580. The maximum Gasteiger partial charge on any atom is 0.270 e. The molecule has 126 valence electrons. The summed E-state index contributed by atoms with van der Waals surface area (Å²) in [7, 11) is 1.79. The van der Waals surface area contributed by atoms with Gasteiger partial charge in [0.25, 0.3) is 5.91 Å². The van der Waals surface area contributed by atoms with Crippen molar-refractivity contribution in [2.45, 2.75) is 39.2 Å². The Kier molecular flexibility index (Phi) is 3.91. The topological polar surface area (TPSA) is 75.6 Å². The second kappa shape index (κ2) is 5.78. The normalized spacial score (nSPS) is 13.2. The van der Waals surface area contributed by atoms with Gasteiger partial charge in [-0.05, 0) is 25.1 Å². The first-order valence-corrected chi connectivity index (χ1v) is 8.06. The number of fused-ring (bicyclic) bond motifs is 1. The summed E-state index contributed by atoms with van der Waals surface area (Å²) in [4.78, 5) is 20.4. The number of rotatable bonds is 3. The summed E-state index contributed by atoms with van der Waals surface area (Å²) in [5, 5.41) is 7.44. The van der Waals surface area contributed by atoms with E-state index in [1.807, 2.05) is 37.3 Å². The van der Waals surface area contributed by atoms with E-state index >= 15 is 0 Å². The molecular formula is C18H23N5O. The number of H-pyrrole nitrogens is 1. The number of aromatic amines is 1. The molecule has 2 aromatic heterocycles. The summed E-state index contributed by atoms with van der Waals surface area (Å²) in [6.45, 7) is 8.15. The number of hydrogen-bond acceptors (Lipinski definition) is 3. The number of benzene rings is 1.